The molecule has 0 unspecified atom stereocenters. The number of hydrogen-bond donors (Lipinski definition) is 1. The van der Waals surface area contributed by atoms with Gasteiger partial charge in [0.25, 0.3) is 5.91 Å². The van der Waals surface area contributed by atoms with Crippen molar-refractivity contribution in [3.63, 3.8) is 0 Å². The van der Waals surface area contributed by atoms with Crippen molar-refractivity contribution in [1.82, 2.24) is 5.32 Å². The number of amides is 1. The van der Waals surface area contributed by atoms with E-state index >= 15 is 0 Å². The Balaban J connectivity index is 1.96. The molecule has 0 radical (unpaired) electrons. The lowest BCUT2D eigenvalue weighted by atomic mass is 10.1. The number of carbonyl (C=O) groups excluding carboxylic acids is 2. The van der Waals surface area contributed by atoms with E-state index in [0.717, 1.165) is 6.07 Å². The van der Waals surface area contributed by atoms with Crippen LogP contribution in [0.15, 0.2) is 30.3 Å². The fourth-order valence-corrected chi connectivity index (χ4v) is 2.54. The second-order valence-electron chi connectivity index (χ2n) is 5.49. The molecule has 0 heterocycles. The molecular weight excluding hydrogens is 393 g/mol. The quantitative estimate of drug-likeness (QED) is 0.672. The third-order valence-corrected chi connectivity index (χ3v) is 4.08. The number of halogens is 2. The van der Waals surface area contributed by atoms with E-state index in [-0.39, 0.29) is 23.7 Å². The first-order chi connectivity index (χ1) is 13.4. The number of rotatable bonds is 8. The van der Waals surface area contributed by atoms with Crippen molar-refractivity contribution in [2.45, 2.75) is 6.61 Å². The highest BCUT2D eigenvalue weighted by Gasteiger charge is 2.17. The zero-order chi connectivity index (χ0) is 20.7. The minimum atomic E-state index is -0.679. The summed E-state index contributed by atoms with van der Waals surface area (Å²) in [7, 11) is 4.30. The highest BCUT2D eigenvalue weighted by molar-refractivity contribution is 6.31. The normalized spacial score (nSPS) is 10.2. The Morgan fingerprint density at radius 3 is 2.21 bits per heavy atom. The van der Waals surface area contributed by atoms with E-state index in [1.807, 2.05) is 0 Å². The number of nitrogens with one attached hydrogen (secondary N) is 1. The van der Waals surface area contributed by atoms with Crippen LogP contribution in [0, 0.1) is 5.82 Å². The van der Waals surface area contributed by atoms with Crippen LogP contribution in [0.4, 0.5) is 4.39 Å². The zero-order valence-corrected chi connectivity index (χ0v) is 16.3. The van der Waals surface area contributed by atoms with Crippen molar-refractivity contribution in [1.29, 1.82) is 0 Å². The van der Waals surface area contributed by atoms with Crippen molar-refractivity contribution in [3.8, 4) is 17.2 Å². The van der Waals surface area contributed by atoms with Crippen LogP contribution in [-0.2, 0) is 16.1 Å². The van der Waals surface area contributed by atoms with Gasteiger partial charge in [-0.3, -0.25) is 9.59 Å². The van der Waals surface area contributed by atoms with Gasteiger partial charge in [0.05, 0.1) is 26.4 Å². The second-order valence-corrected chi connectivity index (χ2v) is 5.90. The molecule has 0 fully saturated rings. The van der Waals surface area contributed by atoms with Gasteiger partial charge in [0.15, 0.2) is 11.5 Å². The average molecular weight is 412 g/mol. The third kappa shape index (κ3) is 5.26. The maximum absolute atomic E-state index is 13.0. The average Bonchev–Trinajstić information content (AvgIpc) is 2.69. The largest absolute Gasteiger partial charge is 0.493 e. The molecule has 7 nitrogen and oxygen atoms in total. The van der Waals surface area contributed by atoms with Gasteiger partial charge in [0, 0.05) is 11.1 Å². The summed E-state index contributed by atoms with van der Waals surface area (Å²) >= 11 is 5.87. The van der Waals surface area contributed by atoms with Crippen molar-refractivity contribution in [3.05, 3.63) is 52.3 Å². The second kappa shape index (κ2) is 9.80. The van der Waals surface area contributed by atoms with E-state index in [1.165, 1.54) is 45.6 Å². The molecule has 0 bridgehead atoms. The van der Waals surface area contributed by atoms with Crippen LogP contribution in [0.2, 0.25) is 5.02 Å². The molecule has 150 valence electrons. The topological polar surface area (TPSA) is 83.1 Å². The van der Waals surface area contributed by atoms with Crippen LogP contribution in [0.3, 0.4) is 0 Å². The lowest BCUT2D eigenvalue weighted by Crippen LogP contribution is -2.30. The van der Waals surface area contributed by atoms with E-state index in [9.17, 15) is 14.0 Å². The molecule has 0 aliphatic heterocycles. The van der Waals surface area contributed by atoms with Crippen LogP contribution in [0.25, 0.3) is 0 Å². The maximum Gasteiger partial charge on any atom is 0.325 e. The van der Waals surface area contributed by atoms with Gasteiger partial charge in [-0.1, -0.05) is 17.7 Å². The molecule has 0 atom stereocenters. The molecule has 0 spiro atoms. The summed E-state index contributed by atoms with van der Waals surface area (Å²) in [6.07, 6.45) is 0. The van der Waals surface area contributed by atoms with E-state index in [0.29, 0.717) is 22.8 Å². The number of benzene rings is 2. The predicted molar refractivity (Wildman–Crippen MR) is 99.6 cm³/mol. The molecule has 0 saturated carbocycles. The number of methoxy groups -OCH3 is 3. The SMILES string of the molecule is COc1cc(C(=O)NCC(=O)OCc2ccc(F)cc2Cl)cc(OC)c1OC. The molecule has 0 aromatic heterocycles. The number of esters is 1. The first-order valence-corrected chi connectivity index (χ1v) is 8.45. The molecule has 0 aliphatic rings. The van der Waals surface area contributed by atoms with Crippen LogP contribution >= 0.6 is 11.6 Å². The van der Waals surface area contributed by atoms with Gasteiger partial charge in [-0.15, -0.1) is 0 Å². The van der Waals surface area contributed by atoms with Crippen molar-refractivity contribution in [2.24, 2.45) is 0 Å². The fraction of sp³-hybridized carbons (Fsp3) is 0.263. The van der Waals surface area contributed by atoms with Gasteiger partial charge in [0.2, 0.25) is 5.75 Å². The standard InChI is InChI=1S/C19H19ClFNO6/c1-25-15-6-12(7-16(26-2)18(15)27-3)19(24)22-9-17(23)28-10-11-4-5-13(21)8-14(11)20/h4-8H,9-10H2,1-3H3,(H,22,24). The summed E-state index contributed by atoms with van der Waals surface area (Å²) in [5.41, 5.74) is 0.663. The Morgan fingerprint density at radius 1 is 1.04 bits per heavy atom. The summed E-state index contributed by atoms with van der Waals surface area (Å²) < 4.78 is 33.6. The van der Waals surface area contributed by atoms with Gasteiger partial charge in [-0.2, -0.15) is 0 Å². The summed E-state index contributed by atoms with van der Waals surface area (Å²) in [4.78, 5) is 24.2. The number of carbonyl (C=O) groups is 2. The molecule has 2 rings (SSSR count). The van der Waals surface area contributed by atoms with Crippen LogP contribution < -0.4 is 19.5 Å². The lowest BCUT2D eigenvalue weighted by Gasteiger charge is -2.14. The molecular formula is C19H19ClFNO6. The molecule has 0 aliphatic carbocycles. The highest BCUT2D eigenvalue weighted by atomic mass is 35.5. The molecule has 1 amide bonds. The summed E-state index contributed by atoms with van der Waals surface area (Å²) in [6, 6.07) is 6.66. The first-order valence-electron chi connectivity index (χ1n) is 8.07. The number of hydrogen-bond acceptors (Lipinski definition) is 6. The van der Waals surface area contributed by atoms with Crippen LogP contribution in [0.1, 0.15) is 15.9 Å². The van der Waals surface area contributed by atoms with E-state index < -0.39 is 17.7 Å². The maximum atomic E-state index is 13.0. The smallest absolute Gasteiger partial charge is 0.325 e. The fourth-order valence-electron chi connectivity index (χ4n) is 2.31. The van der Waals surface area contributed by atoms with Gasteiger partial charge >= 0.3 is 5.97 Å². The first kappa shape index (κ1) is 21.3. The minimum Gasteiger partial charge on any atom is -0.493 e. The van der Waals surface area contributed by atoms with E-state index in [4.69, 9.17) is 30.5 Å². The lowest BCUT2D eigenvalue weighted by molar-refractivity contribution is -0.143. The monoisotopic (exact) mass is 411 g/mol. The summed E-state index contributed by atoms with van der Waals surface area (Å²) in [5.74, 6) is -0.743. The van der Waals surface area contributed by atoms with Gasteiger partial charge in [-0.05, 0) is 24.3 Å². The minimum absolute atomic E-state index is 0.141. The Hall–Kier alpha value is -3.00. The molecule has 1 N–H and O–H groups in total. The summed E-state index contributed by atoms with van der Waals surface area (Å²) in [6.45, 7) is -0.508. The Labute approximate surface area is 166 Å². The van der Waals surface area contributed by atoms with Gasteiger partial charge < -0.3 is 24.3 Å². The van der Waals surface area contributed by atoms with Gasteiger partial charge in [-0.25, -0.2) is 4.39 Å². The molecule has 0 saturated heterocycles. The molecule has 9 heteroatoms. The van der Waals surface area contributed by atoms with Crippen molar-refractivity contribution in [2.75, 3.05) is 27.9 Å². The van der Waals surface area contributed by atoms with Crippen molar-refractivity contribution >= 4 is 23.5 Å². The van der Waals surface area contributed by atoms with Gasteiger partial charge in [0.1, 0.15) is 19.0 Å². The predicted octanol–water partition coefficient (Wildman–Crippen LogP) is 2.98. The van der Waals surface area contributed by atoms with E-state index in [2.05, 4.69) is 5.32 Å². The highest BCUT2D eigenvalue weighted by Crippen LogP contribution is 2.38. The van der Waals surface area contributed by atoms with Crippen molar-refractivity contribution < 1.29 is 32.9 Å². The Morgan fingerprint density at radius 2 is 1.68 bits per heavy atom. The summed E-state index contributed by atoms with van der Waals surface area (Å²) in [5, 5.41) is 2.59. The van der Waals surface area contributed by atoms with Crippen LogP contribution in [-0.4, -0.2) is 39.8 Å². The molecule has 28 heavy (non-hydrogen) atoms. The third-order valence-electron chi connectivity index (χ3n) is 3.72. The van der Waals surface area contributed by atoms with E-state index in [1.54, 1.807) is 0 Å². The Kier molecular flexibility index (Phi) is 7.45. The molecule has 2 aromatic carbocycles. The zero-order valence-electron chi connectivity index (χ0n) is 15.5. The van der Waals surface area contributed by atoms with Crippen LogP contribution in [0.5, 0.6) is 17.2 Å². The molecule has 2 aromatic rings. The Bertz CT molecular complexity index is 848. The number of ether oxygens (including phenoxy) is 4.